The number of carbonyl (C=O) groups excluding carboxylic acids is 1. The number of hydrogen-bond donors (Lipinski definition) is 1. The molecule has 0 saturated carbocycles. The highest BCUT2D eigenvalue weighted by atomic mass is 16.5. The lowest BCUT2D eigenvalue weighted by Crippen LogP contribution is -2.45. The number of methoxy groups -OCH3 is 1. The molecule has 0 radical (unpaired) electrons. The summed E-state index contributed by atoms with van der Waals surface area (Å²) in [5.41, 5.74) is 0.825. The number of piperidine rings is 1. The first-order chi connectivity index (χ1) is 8.79. The number of carbonyl (C=O) groups is 1. The van der Waals surface area contributed by atoms with Gasteiger partial charge in [-0.05, 0) is 25.9 Å². The molecule has 0 unspecified atom stereocenters. The first-order valence-corrected chi connectivity index (χ1v) is 6.51. The van der Waals surface area contributed by atoms with Crippen LogP contribution in [0.3, 0.4) is 0 Å². The van der Waals surface area contributed by atoms with Gasteiger partial charge in [0.25, 0.3) is 5.91 Å². The van der Waals surface area contributed by atoms with Gasteiger partial charge < -0.3 is 24.8 Å². The van der Waals surface area contributed by atoms with Crippen LogP contribution in [0.15, 0.2) is 11.9 Å². The molecule has 18 heavy (non-hydrogen) atoms. The van der Waals surface area contributed by atoms with Crippen molar-refractivity contribution in [3.8, 4) is 0 Å². The van der Waals surface area contributed by atoms with E-state index in [2.05, 4.69) is 10.2 Å². The van der Waals surface area contributed by atoms with Gasteiger partial charge in [-0.3, -0.25) is 4.79 Å². The second-order valence-corrected chi connectivity index (χ2v) is 5.10. The maximum atomic E-state index is 12.4. The summed E-state index contributed by atoms with van der Waals surface area (Å²) in [6.45, 7) is 4.07. The van der Waals surface area contributed by atoms with Gasteiger partial charge in [-0.1, -0.05) is 0 Å². The van der Waals surface area contributed by atoms with Crippen LogP contribution in [0.2, 0.25) is 0 Å². The van der Waals surface area contributed by atoms with Gasteiger partial charge in [-0.15, -0.1) is 0 Å². The summed E-state index contributed by atoms with van der Waals surface area (Å²) < 4.78 is 5.09. The quantitative estimate of drug-likeness (QED) is 0.738. The Kier molecular flexibility index (Phi) is 3.13. The Morgan fingerprint density at radius 3 is 2.83 bits per heavy atom. The maximum Gasteiger partial charge on any atom is 0.273 e. The Morgan fingerprint density at radius 1 is 1.39 bits per heavy atom. The molecule has 6 nitrogen and oxygen atoms in total. The largest absolute Gasteiger partial charge is 0.364 e. The minimum absolute atomic E-state index is 0.181. The van der Waals surface area contributed by atoms with Crippen molar-refractivity contribution in [1.29, 1.82) is 0 Å². The molecule has 0 atom stereocenters. The summed E-state index contributed by atoms with van der Waals surface area (Å²) >= 11 is 0. The van der Waals surface area contributed by atoms with Crippen molar-refractivity contribution in [2.45, 2.75) is 18.9 Å². The van der Waals surface area contributed by atoms with Gasteiger partial charge in [0.15, 0.2) is 0 Å². The molecule has 0 bridgehead atoms. The van der Waals surface area contributed by atoms with E-state index in [0.29, 0.717) is 12.8 Å². The minimum Gasteiger partial charge on any atom is -0.364 e. The zero-order valence-electron chi connectivity index (χ0n) is 10.8. The Balaban J connectivity index is 1.68. The Bertz CT molecular complexity index is 365. The first-order valence-electron chi connectivity index (χ1n) is 6.51. The van der Waals surface area contributed by atoms with E-state index in [9.17, 15) is 4.79 Å². The molecule has 2 fully saturated rings. The fraction of sp³-hybridized carbons (Fsp3) is 0.750. The first kappa shape index (κ1) is 11.8. The zero-order valence-corrected chi connectivity index (χ0v) is 10.8. The van der Waals surface area contributed by atoms with Gasteiger partial charge in [0.1, 0.15) is 12.4 Å². The maximum absolute atomic E-state index is 12.4. The van der Waals surface area contributed by atoms with E-state index >= 15 is 0 Å². The van der Waals surface area contributed by atoms with Gasteiger partial charge in [0.2, 0.25) is 0 Å². The lowest BCUT2D eigenvalue weighted by atomic mass is 10.1. The smallest absolute Gasteiger partial charge is 0.273 e. The normalized spacial score (nSPS) is 24.8. The van der Waals surface area contributed by atoms with E-state index in [1.165, 1.54) is 0 Å². The standard InChI is InChI=1S/C12H20N4O2/c1-18-9-14-6-11-12(17)16(8-15(11)7-14)10-2-4-13-5-3-10/h6,10,13H,2-5,7-9H2,1H3. The van der Waals surface area contributed by atoms with Crippen LogP contribution in [0.5, 0.6) is 0 Å². The van der Waals surface area contributed by atoms with Crippen molar-refractivity contribution in [2.24, 2.45) is 0 Å². The number of rotatable bonds is 3. The van der Waals surface area contributed by atoms with E-state index in [-0.39, 0.29) is 5.91 Å². The second-order valence-electron chi connectivity index (χ2n) is 5.10. The van der Waals surface area contributed by atoms with Crippen LogP contribution in [-0.2, 0) is 9.53 Å². The van der Waals surface area contributed by atoms with Crippen molar-refractivity contribution in [3.05, 3.63) is 11.9 Å². The highest BCUT2D eigenvalue weighted by Gasteiger charge is 2.40. The van der Waals surface area contributed by atoms with E-state index in [0.717, 1.165) is 45.0 Å². The van der Waals surface area contributed by atoms with Crippen molar-refractivity contribution in [3.63, 3.8) is 0 Å². The molecule has 0 aromatic carbocycles. The molecule has 3 aliphatic heterocycles. The molecule has 0 aromatic rings. The molecule has 2 saturated heterocycles. The second kappa shape index (κ2) is 4.78. The Labute approximate surface area is 107 Å². The van der Waals surface area contributed by atoms with E-state index in [1.807, 2.05) is 16.0 Å². The van der Waals surface area contributed by atoms with Gasteiger partial charge in [-0.25, -0.2) is 0 Å². The summed E-state index contributed by atoms with van der Waals surface area (Å²) in [6, 6.07) is 0.404. The zero-order chi connectivity index (χ0) is 12.5. The third kappa shape index (κ3) is 1.95. The average molecular weight is 252 g/mol. The van der Waals surface area contributed by atoms with Crippen LogP contribution in [0.1, 0.15) is 12.8 Å². The van der Waals surface area contributed by atoms with Crippen LogP contribution in [0.25, 0.3) is 0 Å². The Hall–Kier alpha value is -1.27. The molecule has 100 valence electrons. The van der Waals surface area contributed by atoms with E-state index in [1.54, 1.807) is 7.11 Å². The number of nitrogens with zero attached hydrogens (tertiary/aromatic N) is 3. The highest BCUT2D eigenvalue weighted by molar-refractivity contribution is 5.95. The third-order valence-corrected chi connectivity index (χ3v) is 3.85. The van der Waals surface area contributed by atoms with Crippen LogP contribution in [0.4, 0.5) is 0 Å². The monoisotopic (exact) mass is 252 g/mol. The van der Waals surface area contributed by atoms with Gasteiger partial charge in [-0.2, -0.15) is 0 Å². The topological polar surface area (TPSA) is 48.1 Å². The molecule has 3 rings (SSSR count). The summed E-state index contributed by atoms with van der Waals surface area (Å²) in [4.78, 5) is 18.5. The van der Waals surface area contributed by atoms with Crippen LogP contribution in [-0.4, -0.2) is 66.9 Å². The minimum atomic E-state index is 0.181. The van der Waals surface area contributed by atoms with Crippen LogP contribution < -0.4 is 5.32 Å². The number of nitrogens with one attached hydrogen (secondary N) is 1. The molecule has 3 aliphatic rings. The average Bonchev–Trinajstić information content (AvgIpc) is 2.91. The Morgan fingerprint density at radius 2 is 2.17 bits per heavy atom. The third-order valence-electron chi connectivity index (χ3n) is 3.85. The SMILES string of the molecule is COCN1C=C2C(=O)N(C3CCNCC3)CN2C1. The molecular weight excluding hydrogens is 232 g/mol. The lowest BCUT2D eigenvalue weighted by molar-refractivity contribution is -0.127. The molecule has 0 spiro atoms. The molecule has 0 aromatic heterocycles. The van der Waals surface area contributed by atoms with Gasteiger partial charge in [0.05, 0.1) is 13.3 Å². The number of fused-ring (bicyclic) bond motifs is 1. The predicted octanol–water partition coefficient (Wildman–Crippen LogP) is -0.441. The van der Waals surface area contributed by atoms with Crippen molar-refractivity contribution >= 4 is 5.91 Å². The van der Waals surface area contributed by atoms with Crippen molar-refractivity contribution < 1.29 is 9.53 Å². The fourth-order valence-corrected chi connectivity index (χ4v) is 2.94. The van der Waals surface area contributed by atoms with E-state index in [4.69, 9.17) is 4.74 Å². The molecular formula is C12H20N4O2. The summed E-state index contributed by atoms with van der Waals surface area (Å²) in [5, 5.41) is 3.34. The lowest BCUT2D eigenvalue weighted by Gasteiger charge is -2.31. The number of ether oxygens (including phenoxy) is 1. The number of hydrogen-bond acceptors (Lipinski definition) is 5. The van der Waals surface area contributed by atoms with Crippen LogP contribution >= 0.6 is 0 Å². The predicted molar refractivity (Wildman–Crippen MR) is 66.1 cm³/mol. The van der Waals surface area contributed by atoms with Gasteiger partial charge >= 0.3 is 0 Å². The van der Waals surface area contributed by atoms with Gasteiger partial charge in [0, 0.05) is 19.4 Å². The van der Waals surface area contributed by atoms with Crippen molar-refractivity contribution in [2.75, 3.05) is 40.3 Å². The molecule has 0 aliphatic carbocycles. The molecule has 1 amide bonds. The summed E-state index contributed by atoms with van der Waals surface area (Å²) in [5.74, 6) is 0.181. The molecule has 1 N–H and O–H groups in total. The summed E-state index contributed by atoms with van der Waals surface area (Å²) in [6.07, 6.45) is 4.05. The van der Waals surface area contributed by atoms with Crippen molar-refractivity contribution in [1.82, 2.24) is 20.0 Å². The fourth-order valence-electron chi connectivity index (χ4n) is 2.94. The molecule has 3 heterocycles. The molecule has 6 heteroatoms. The van der Waals surface area contributed by atoms with E-state index < -0.39 is 0 Å². The number of amides is 1. The highest BCUT2D eigenvalue weighted by Crippen LogP contribution is 2.28. The summed E-state index contributed by atoms with van der Waals surface area (Å²) in [7, 11) is 1.67. The van der Waals surface area contributed by atoms with Crippen LogP contribution in [0, 0.1) is 0 Å².